The first-order valence-corrected chi connectivity index (χ1v) is 7.27. The third-order valence-electron chi connectivity index (χ3n) is 2.61. The van der Waals surface area contributed by atoms with Crippen molar-refractivity contribution in [3.8, 4) is 0 Å². The number of aryl methyl sites for hydroxylation is 1. The predicted molar refractivity (Wildman–Crippen MR) is 76.2 cm³/mol. The number of halogens is 2. The van der Waals surface area contributed by atoms with Crippen molar-refractivity contribution >= 4 is 27.3 Å². The maximum Gasteiger partial charge on any atom is 0.137 e. The minimum absolute atomic E-state index is 0.176. The van der Waals surface area contributed by atoms with Crippen LogP contribution in [0, 0.1) is 12.7 Å². The maximum atomic E-state index is 13.3. The van der Waals surface area contributed by atoms with E-state index in [-0.39, 0.29) is 11.9 Å². The molecule has 1 unspecified atom stereocenters. The lowest BCUT2D eigenvalue weighted by molar-refractivity contribution is 0.566. The Morgan fingerprint density at radius 1 is 1.50 bits per heavy atom. The lowest BCUT2D eigenvalue weighted by atomic mass is 10.2. The Morgan fingerprint density at radius 2 is 2.28 bits per heavy atom. The molecule has 96 valence electrons. The number of benzene rings is 1. The third kappa shape index (κ3) is 3.37. The van der Waals surface area contributed by atoms with Crippen molar-refractivity contribution in [2.45, 2.75) is 26.4 Å². The monoisotopic (exact) mass is 328 g/mol. The van der Waals surface area contributed by atoms with Gasteiger partial charge in [0.1, 0.15) is 10.8 Å². The lowest BCUT2D eigenvalue weighted by Gasteiger charge is -2.11. The van der Waals surface area contributed by atoms with E-state index in [0.717, 1.165) is 10.6 Å². The number of nitrogens with zero attached hydrogens (tertiary/aromatic N) is 1. The van der Waals surface area contributed by atoms with Gasteiger partial charge in [0.25, 0.3) is 0 Å². The van der Waals surface area contributed by atoms with Gasteiger partial charge in [-0.15, -0.1) is 11.3 Å². The molecule has 2 rings (SSSR count). The molecule has 0 saturated heterocycles. The van der Waals surface area contributed by atoms with Crippen molar-refractivity contribution in [1.29, 1.82) is 0 Å². The zero-order valence-electron chi connectivity index (χ0n) is 10.2. The van der Waals surface area contributed by atoms with Crippen LogP contribution in [0.2, 0.25) is 0 Å². The molecule has 0 aliphatic rings. The molecule has 0 amide bonds. The summed E-state index contributed by atoms with van der Waals surface area (Å²) in [4.78, 5) is 5.54. The largest absolute Gasteiger partial charge is 0.304 e. The van der Waals surface area contributed by atoms with Gasteiger partial charge in [-0.25, -0.2) is 9.37 Å². The number of nitrogens with one attached hydrogen (secondary N) is 1. The molecule has 1 N–H and O–H groups in total. The van der Waals surface area contributed by atoms with E-state index in [1.807, 2.05) is 19.2 Å². The standard InChI is InChI=1S/C13H14BrFN2S/c1-8-6-17-13(18-8)9(2)16-7-10-3-4-11(14)12(15)5-10/h3-6,9,16H,7H2,1-2H3. The van der Waals surface area contributed by atoms with Crippen molar-refractivity contribution in [2.24, 2.45) is 0 Å². The van der Waals surface area contributed by atoms with Crippen molar-refractivity contribution in [2.75, 3.05) is 0 Å². The molecule has 0 aliphatic heterocycles. The first-order chi connectivity index (χ1) is 8.56. The van der Waals surface area contributed by atoms with Crippen LogP contribution in [-0.2, 0) is 6.54 Å². The molecule has 18 heavy (non-hydrogen) atoms. The summed E-state index contributed by atoms with van der Waals surface area (Å²) in [6, 6.07) is 5.34. The third-order valence-corrected chi connectivity index (χ3v) is 4.34. The topological polar surface area (TPSA) is 24.9 Å². The Hall–Kier alpha value is -0.780. The normalized spacial score (nSPS) is 12.7. The molecule has 0 fully saturated rings. The number of aromatic nitrogens is 1. The Balaban J connectivity index is 1.97. The van der Waals surface area contributed by atoms with Gasteiger partial charge in [0.05, 0.1) is 10.5 Å². The van der Waals surface area contributed by atoms with Gasteiger partial charge in [0, 0.05) is 17.6 Å². The fraction of sp³-hybridized carbons (Fsp3) is 0.308. The Kier molecular flexibility index (Phi) is 4.48. The summed E-state index contributed by atoms with van der Waals surface area (Å²) in [6.45, 7) is 4.73. The molecule has 0 aliphatic carbocycles. The molecule has 1 heterocycles. The minimum Gasteiger partial charge on any atom is -0.304 e. The molecule has 1 aromatic carbocycles. The fourth-order valence-corrected chi connectivity index (χ4v) is 2.63. The average molecular weight is 329 g/mol. The summed E-state index contributed by atoms with van der Waals surface area (Å²) in [5.41, 5.74) is 0.927. The van der Waals surface area contributed by atoms with E-state index < -0.39 is 0 Å². The summed E-state index contributed by atoms with van der Waals surface area (Å²) < 4.78 is 13.8. The van der Waals surface area contributed by atoms with Crippen LogP contribution in [0.4, 0.5) is 4.39 Å². The molecule has 0 bridgehead atoms. The van der Waals surface area contributed by atoms with Crippen LogP contribution in [0.5, 0.6) is 0 Å². The average Bonchev–Trinajstić information content (AvgIpc) is 2.77. The molecule has 1 atom stereocenters. The Labute approximate surface area is 118 Å². The Bertz CT molecular complexity index is 542. The molecule has 5 heteroatoms. The van der Waals surface area contributed by atoms with Crippen LogP contribution in [0.15, 0.2) is 28.9 Å². The summed E-state index contributed by atoms with van der Waals surface area (Å²) >= 11 is 4.83. The summed E-state index contributed by atoms with van der Waals surface area (Å²) in [5, 5.41) is 4.40. The van der Waals surface area contributed by atoms with Gasteiger partial charge < -0.3 is 5.32 Å². The van der Waals surface area contributed by atoms with Crippen molar-refractivity contribution in [3.05, 3.63) is 50.1 Å². The van der Waals surface area contributed by atoms with Crippen LogP contribution < -0.4 is 5.32 Å². The summed E-state index contributed by atoms with van der Waals surface area (Å²) in [5.74, 6) is -0.230. The van der Waals surface area contributed by atoms with Crippen LogP contribution in [-0.4, -0.2) is 4.98 Å². The number of hydrogen-bond donors (Lipinski definition) is 1. The van der Waals surface area contributed by atoms with Gasteiger partial charge in [0.15, 0.2) is 0 Å². The van der Waals surface area contributed by atoms with Gasteiger partial charge in [-0.1, -0.05) is 6.07 Å². The van der Waals surface area contributed by atoms with Gasteiger partial charge in [-0.05, 0) is 47.5 Å². The number of thiazole rings is 1. The van der Waals surface area contributed by atoms with Crippen LogP contribution in [0.25, 0.3) is 0 Å². The molecule has 1 aromatic heterocycles. The molecule has 0 spiro atoms. The van der Waals surface area contributed by atoms with Crippen LogP contribution >= 0.6 is 27.3 Å². The highest BCUT2D eigenvalue weighted by Gasteiger charge is 2.09. The smallest absolute Gasteiger partial charge is 0.137 e. The van der Waals surface area contributed by atoms with E-state index in [0.29, 0.717) is 11.0 Å². The molecule has 0 radical (unpaired) electrons. The van der Waals surface area contributed by atoms with E-state index in [4.69, 9.17) is 0 Å². The summed E-state index contributed by atoms with van der Waals surface area (Å²) in [6.07, 6.45) is 1.87. The lowest BCUT2D eigenvalue weighted by Crippen LogP contribution is -2.17. The van der Waals surface area contributed by atoms with Gasteiger partial charge in [0.2, 0.25) is 0 Å². The quantitative estimate of drug-likeness (QED) is 0.909. The van der Waals surface area contributed by atoms with E-state index in [1.54, 1.807) is 17.4 Å². The van der Waals surface area contributed by atoms with Crippen LogP contribution in [0.3, 0.4) is 0 Å². The second-order valence-electron chi connectivity index (χ2n) is 4.16. The number of rotatable bonds is 4. The molecule has 2 nitrogen and oxygen atoms in total. The van der Waals surface area contributed by atoms with E-state index >= 15 is 0 Å². The van der Waals surface area contributed by atoms with Crippen LogP contribution in [0.1, 0.15) is 28.4 Å². The van der Waals surface area contributed by atoms with E-state index in [2.05, 4.69) is 33.2 Å². The SMILES string of the molecule is Cc1cnc(C(C)NCc2ccc(Br)c(F)c2)s1. The van der Waals surface area contributed by atoms with E-state index in [1.165, 1.54) is 10.9 Å². The predicted octanol–water partition coefficient (Wildman–Crippen LogP) is 4.20. The zero-order chi connectivity index (χ0) is 13.1. The zero-order valence-corrected chi connectivity index (χ0v) is 12.6. The van der Waals surface area contributed by atoms with Crippen molar-refractivity contribution < 1.29 is 4.39 Å². The molecule has 2 aromatic rings. The van der Waals surface area contributed by atoms with Gasteiger partial charge >= 0.3 is 0 Å². The highest BCUT2D eigenvalue weighted by molar-refractivity contribution is 9.10. The van der Waals surface area contributed by atoms with Crippen molar-refractivity contribution in [1.82, 2.24) is 10.3 Å². The summed E-state index contributed by atoms with van der Waals surface area (Å²) in [7, 11) is 0. The molecule has 0 saturated carbocycles. The van der Waals surface area contributed by atoms with Crippen molar-refractivity contribution in [3.63, 3.8) is 0 Å². The van der Waals surface area contributed by atoms with Gasteiger partial charge in [-0.3, -0.25) is 0 Å². The second-order valence-corrected chi connectivity index (χ2v) is 6.28. The second kappa shape index (κ2) is 5.91. The highest BCUT2D eigenvalue weighted by atomic mass is 79.9. The van der Waals surface area contributed by atoms with E-state index in [9.17, 15) is 4.39 Å². The molecular weight excluding hydrogens is 315 g/mol. The first-order valence-electron chi connectivity index (χ1n) is 5.66. The fourth-order valence-electron chi connectivity index (χ4n) is 1.58. The highest BCUT2D eigenvalue weighted by Crippen LogP contribution is 2.20. The van der Waals surface area contributed by atoms with Gasteiger partial charge in [-0.2, -0.15) is 0 Å². The molecular formula is C13H14BrFN2S. The Morgan fingerprint density at radius 3 is 2.89 bits per heavy atom. The number of hydrogen-bond acceptors (Lipinski definition) is 3. The maximum absolute atomic E-state index is 13.3. The minimum atomic E-state index is -0.230. The first kappa shape index (κ1) is 13.6.